The quantitative estimate of drug-likeness (QED) is 0.790. The monoisotopic (exact) mass is 232 g/mol. The summed E-state index contributed by atoms with van der Waals surface area (Å²) in [6, 6.07) is 2.11. The van der Waals surface area contributed by atoms with E-state index in [0.717, 1.165) is 6.07 Å². The summed E-state index contributed by atoms with van der Waals surface area (Å²) in [5.74, 6) is -0.856. The van der Waals surface area contributed by atoms with Crippen molar-refractivity contribution >= 4 is 10.0 Å². The van der Waals surface area contributed by atoms with Gasteiger partial charge in [-0.1, -0.05) is 0 Å². The van der Waals surface area contributed by atoms with E-state index in [4.69, 9.17) is 4.74 Å². The highest BCUT2D eigenvalue weighted by atomic mass is 32.2. The molecule has 0 amide bonds. The van der Waals surface area contributed by atoms with Crippen LogP contribution in [-0.4, -0.2) is 32.7 Å². The fourth-order valence-corrected chi connectivity index (χ4v) is 2.36. The van der Waals surface area contributed by atoms with Crippen molar-refractivity contribution in [3.8, 4) is 0 Å². The molecule has 0 spiro atoms. The second kappa shape index (κ2) is 3.84. The molecule has 5 nitrogen and oxygen atoms in total. The molecule has 2 rings (SSSR count). The van der Waals surface area contributed by atoms with Gasteiger partial charge in [0, 0.05) is 6.20 Å². The molecular weight excluding hydrogens is 223 g/mol. The van der Waals surface area contributed by atoms with Crippen LogP contribution in [0.2, 0.25) is 0 Å². The van der Waals surface area contributed by atoms with Crippen molar-refractivity contribution in [3.63, 3.8) is 0 Å². The van der Waals surface area contributed by atoms with E-state index >= 15 is 0 Å². The third-order valence-corrected chi connectivity index (χ3v) is 3.39. The number of pyridine rings is 1. The largest absolute Gasteiger partial charge is 0.378 e. The Hall–Kier alpha value is -1.05. The lowest BCUT2D eigenvalue weighted by molar-refractivity contribution is 0.00477. The minimum atomic E-state index is -3.87. The zero-order valence-corrected chi connectivity index (χ0v) is 8.50. The van der Waals surface area contributed by atoms with Crippen LogP contribution in [0.5, 0.6) is 0 Å². The summed E-state index contributed by atoms with van der Waals surface area (Å²) in [6.45, 7) is 0.626. The van der Waals surface area contributed by atoms with Gasteiger partial charge in [0.2, 0.25) is 5.03 Å². The molecule has 0 atom stereocenters. The molecule has 1 saturated heterocycles. The molecule has 1 fully saturated rings. The Balaban J connectivity index is 2.24. The second-order valence-corrected chi connectivity index (χ2v) is 4.78. The maximum absolute atomic E-state index is 13.1. The molecule has 0 saturated carbocycles. The van der Waals surface area contributed by atoms with E-state index < -0.39 is 20.9 Å². The van der Waals surface area contributed by atoms with Gasteiger partial charge >= 0.3 is 0 Å². The van der Waals surface area contributed by atoms with E-state index in [1.807, 2.05) is 0 Å². The Morgan fingerprint density at radius 2 is 2.27 bits per heavy atom. The summed E-state index contributed by atoms with van der Waals surface area (Å²) in [7, 11) is -3.87. The molecule has 0 radical (unpaired) electrons. The summed E-state index contributed by atoms with van der Waals surface area (Å²) in [4.78, 5) is 3.50. The van der Waals surface area contributed by atoms with Crippen molar-refractivity contribution in [1.29, 1.82) is 0 Å². The molecule has 0 aromatic carbocycles. The number of ether oxygens (including phenoxy) is 1. The topological polar surface area (TPSA) is 68.3 Å². The van der Waals surface area contributed by atoms with Crippen molar-refractivity contribution in [2.45, 2.75) is 11.1 Å². The normalized spacial score (nSPS) is 17.4. The van der Waals surface area contributed by atoms with Crippen molar-refractivity contribution in [1.82, 2.24) is 9.71 Å². The number of rotatable bonds is 3. The number of aromatic nitrogens is 1. The van der Waals surface area contributed by atoms with Crippen LogP contribution in [0.4, 0.5) is 4.39 Å². The average molecular weight is 232 g/mol. The first-order chi connectivity index (χ1) is 7.09. The van der Waals surface area contributed by atoms with Gasteiger partial charge in [0.25, 0.3) is 10.0 Å². The fourth-order valence-electron chi connectivity index (χ4n) is 1.15. The van der Waals surface area contributed by atoms with Crippen LogP contribution in [0, 0.1) is 5.82 Å². The third-order valence-electron chi connectivity index (χ3n) is 1.94. The lowest BCUT2D eigenvalue weighted by Crippen LogP contribution is -2.48. The molecule has 1 aromatic rings. The van der Waals surface area contributed by atoms with Crippen molar-refractivity contribution in [2.24, 2.45) is 0 Å². The van der Waals surface area contributed by atoms with Gasteiger partial charge < -0.3 is 4.74 Å². The predicted octanol–water partition coefficient (Wildman–Crippen LogP) is -0.102. The third kappa shape index (κ3) is 2.14. The Kier molecular flexibility index (Phi) is 2.68. The van der Waals surface area contributed by atoms with Crippen LogP contribution >= 0.6 is 0 Å². The maximum Gasteiger partial charge on any atom is 0.261 e. The summed E-state index contributed by atoms with van der Waals surface area (Å²) in [5, 5.41) is -0.572. The highest BCUT2D eigenvalue weighted by Gasteiger charge is 2.28. The van der Waals surface area contributed by atoms with Gasteiger partial charge in [-0.15, -0.1) is 0 Å². The number of sulfonamides is 1. The van der Waals surface area contributed by atoms with Gasteiger partial charge in [0.1, 0.15) is 0 Å². The smallest absolute Gasteiger partial charge is 0.261 e. The maximum atomic E-state index is 13.1. The fraction of sp³-hybridized carbons (Fsp3) is 0.375. The number of hydrogen-bond acceptors (Lipinski definition) is 4. The molecule has 15 heavy (non-hydrogen) atoms. The summed E-state index contributed by atoms with van der Waals surface area (Å²) in [6.07, 6.45) is 1.23. The van der Waals surface area contributed by atoms with Crippen LogP contribution < -0.4 is 4.72 Å². The lowest BCUT2D eigenvalue weighted by atomic mass is 10.3. The number of nitrogens with zero attached hydrogens (tertiary/aromatic N) is 1. The van der Waals surface area contributed by atoms with Gasteiger partial charge in [-0.3, -0.25) is 0 Å². The van der Waals surface area contributed by atoms with E-state index in [9.17, 15) is 12.8 Å². The highest BCUT2D eigenvalue weighted by molar-refractivity contribution is 7.89. The first-order valence-electron chi connectivity index (χ1n) is 4.30. The van der Waals surface area contributed by atoms with Crippen molar-refractivity contribution in [3.05, 3.63) is 24.1 Å². The van der Waals surface area contributed by atoms with Crippen LogP contribution in [-0.2, 0) is 14.8 Å². The standard InChI is InChI=1S/C8H9FN2O3S/c9-7-2-1-3-10-8(7)15(12,13)11-6-4-14-5-6/h1-3,6,11H,4-5H2. The Morgan fingerprint density at radius 3 is 2.80 bits per heavy atom. The molecule has 1 N–H and O–H groups in total. The Labute approximate surface area is 86.3 Å². The summed E-state index contributed by atoms with van der Waals surface area (Å²) in [5.41, 5.74) is 0. The zero-order valence-electron chi connectivity index (χ0n) is 7.68. The van der Waals surface area contributed by atoms with Gasteiger partial charge in [-0.05, 0) is 12.1 Å². The number of nitrogens with one attached hydrogen (secondary N) is 1. The van der Waals surface area contributed by atoms with Crippen molar-refractivity contribution < 1.29 is 17.5 Å². The highest BCUT2D eigenvalue weighted by Crippen LogP contribution is 2.12. The SMILES string of the molecule is O=S(=O)(NC1COC1)c1ncccc1F. The molecular formula is C8H9FN2O3S. The van der Waals surface area contributed by atoms with E-state index in [-0.39, 0.29) is 6.04 Å². The first-order valence-corrected chi connectivity index (χ1v) is 5.78. The van der Waals surface area contributed by atoms with Crippen LogP contribution in [0.15, 0.2) is 23.4 Å². The van der Waals surface area contributed by atoms with Gasteiger partial charge in [-0.2, -0.15) is 0 Å². The second-order valence-electron chi connectivity index (χ2n) is 3.15. The van der Waals surface area contributed by atoms with Gasteiger partial charge in [0.05, 0.1) is 19.3 Å². The van der Waals surface area contributed by atoms with E-state index in [1.165, 1.54) is 12.3 Å². The van der Waals surface area contributed by atoms with Gasteiger partial charge in [0.15, 0.2) is 5.82 Å². The molecule has 1 aromatic heterocycles. The van der Waals surface area contributed by atoms with Crippen LogP contribution in [0.1, 0.15) is 0 Å². The van der Waals surface area contributed by atoms with E-state index in [0.29, 0.717) is 13.2 Å². The molecule has 2 heterocycles. The Bertz CT molecular complexity index is 459. The zero-order chi connectivity index (χ0) is 10.9. The van der Waals surface area contributed by atoms with Crippen LogP contribution in [0.3, 0.4) is 0 Å². The van der Waals surface area contributed by atoms with Crippen LogP contribution in [0.25, 0.3) is 0 Å². The molecule has 1 aliphatic heterocycles. The number of halogens is 1. The Morgan fingerprint density at radius 1 is 1.53 bits per heavy atom. The lowest BCUT2D eigenvalue weighted by Gasteiger charge is -2.26. The molecule has 1 aliphatic rings. The first kappa shape index (κ1) is 10.5. The molecule has 0 aliphatic carbocycles. The summed E-state index contributed by atoms with van der Waals surface area (Å²) < 4.78 is 43.4. The molecule has 0 unspecified atom stereocenters. The summed E-state index contributed by atoms with van der Waals surface area (Å²) >= 11 is 0. The minimum absolute atomic E-state index is 0.281. The minimum Gasteiger partial charge on any atom is -0.378 e. The number of hydrogen-bond donors (Lipinski definition) is 1. The molecule has 0 bridgehead atoms. The van der Waals surface area contributed by atoms with E-state index in [2.05, 4.69) is 9.71 Å². The average Bonchev–Trinajstić information content (AvgIpc) is 2.12. The van der Waals surface area contributed by atoms with Crippen molar-refractivity contribution in [2.75, 3.05) is 13.2 Å². The van der Waals surface area contributed by atoms with E-state index in [1.54, 1.807) is 0 Å². The predicted molar refractivity (Wildman–Crippen MR) is 49.1 cm³/mol. The molecule has 82 valence electrons. The van der Waals surface area contributed by atoms with Gasteiger partial charge in [-0.25, -0.2) is 22.5 Å². The molecule has 7 heteroatoms.